The number of rotatable bonds is 5. The first-order valence-electron chi connectivity index (χ1n) is 7.58. The third-order valence-electron chi connectivity index (χ3n) is 3.62. The Kier molecular flexibility index (Phi) is 4.60. The quantitative estimate of drug-likeness (QED) is 0.717. The lowest BCUT2D eigenvalue weighted by Crippen LogP contribution is -2.38. The summed E-state index contributed by atoms with van der Waals surface area (Å²) < 4.78 is 4.95. The summed E-state index contributed by atoms with van der Waals surface area (Å²) in [6, 6.07) is 10.1. The number of fused-ring (bicyclic) bond motifs is 1. The predicted octanol–water partition coefficient (Wildman–Crippen LogP) is 0.904. The van der Waals surface area contributed by atoms with E-state index in [4.69, 9.17) is 4.42 Å². The number of likely N-dealkylation sites (N-methyl/N-ethyl adjacent to an activating group) is 1. The van der Waals surface area contributed by atoms with Gasteiger partial charge in [-0.3, -0.25) is 14.4 Å². The molecule has 2 aromatic heterocycles. The topological polar surface area (TPSA) is 108 Å². The average molecular weight is 340 g/mol. The van der Waals surface area contributed by atoms with Crippen LogP contribution >= 0.6 is 0 Å². The van der Waals surface area contributed by atoms with Crippen LogP contribution in [0.3, 0.4) is 0 Å². The number of nitrogens with zero attached hydrogens (tertiary/aromatic N) is 2. The summed E-state index contributed by atoms with van der Waals surface area (Å²) in [5.41, 5.74) is 0.306. The minimum atomic E-state index is -0.469. The van der Waals surface area contributed by atoms with E-state index < -0.39 is 5.91 Å². The lowest BCUT2D eigenvalue weighted by molar-refractivity contribution is -0.129. The summed E-state index contributed by atoms with van der Waals surface area (Å²) in [6.07, 6.45) is 1.38. The number of para-hydroxylation sites is 1. The molecule has 0 bridgehead atoms. The van der Waals surface area contributed by atoms with Gasteiger partial charge in [0.25, 0.3) is 11.5 Å². The van der Waals surface area contributed by atoms with Crippen LogP contribution in [0.4, 0.5) is 0 Å². The van der Waals surface area contributed by atoms with Crippen molar-refractivity contribution < 1.29 is 14.0 Å². The molecule has 0 radical (unpaired) electrons. The van der Waals surface area contributed by atoms with Gasteiger partial charge in [0.2, 0.25) is 5.91 Å². The Balaban J connectivity index is 1.63. The molecule has 128 valence electrons. The molecule has 1 aromatic carbocycles. The van der Waals surface area contributed by atoms with Gasteiger partial charge in [-0.05, 0) is 24.3 Å². The van der Waals surface area contributed by atoms with E-state index >= 15 is 0 Å². The molecule has 8 heteroatoms. The highest BCUT2D eigenvalue weighted by molar-refractivity contribution is 5.94. The van der Waals surface area contributed by atoms with Gasteiger partial charge < -0.3 is 19.6 Å². The first-order valence-corrected chi connectivity index (χ1v) is 7.58. The lowest BCUT2D eigenvalue weighted by Gasteiger charge is -2.16. The standard InChI is InChI=1S/C17H16N4O4/c1-21(15(22)9-18-17(24)13-7-4-8-25-13)10-14-19-12-6-3-2-5-11(12)16(23)20-14/h2-8H,9-10H2,1H3,(H,18,24)(H,19,20,23). The number of H-pyrrole nitrogens is 1. The average Bonchev–Trinajstić information content (AvgIpc) is 3.14. The van der Waals surface area contributed by atoms with Gasteiger partial charge in [0.05, 0.1) is 30.3 Å². The maximum atomic E-state index is 12.1. The number of carbonyl (C=O) groups is 2. The lowest BCUT2D eigenvalue weighted by atomic mass is 10.2. The summed E-state index contributed by atoms with van der Waals surface area (Å²) >= 11 is 0. The van der Waals surface area contributed by atoms with E-state index in [2.05, 4.69) is 15.3 Å². The molecule has 0 saturated heterocycles. The zero-order valence-corrected chi connectivity index (χ0v) is 13.5. The summed E-state index contributed by atoms with van der Waals surface area (Å²) in [6.45, 7) is -0.0661. The number of hydrogen-bond acceptors (Lipinski definition) is 5. The van der Waals surface area contributed by atoms with Gasteiger partial charge in [-0.15, -0.1) is 0 Å². The summed E-state index contributed by atoms with van der Waals surface area (Å²) in [7, 11) is 1.57. The van der Waals surface area contributed by atoms with Crippen LogP contribution in [0.15, 0.2) is 51.9 Å². The second-order valence-electron chi connectivity index (χ2n) is 5.44. The zero-order valence-electron chi connectivity index (χ0n) is 13.5. The minimum Gasteiger partial charge on any atom is -0.459 e. The van der Waals surface area contributed by atoms with Gasteiger partial charge in [0, 0.05) is 7.05 Å². The minimum absolute atomic E-state index is 0.121. The molecule has 0 unspecified atom stereocenters. The predicted molar refractivity (Wildman–Crippen MR) is 89.9 cm³/mol. The number of hydrogen-bond donors (Lipinski definition) is 2. The van der Waals surface area contributed by atoms with Crippen molar-refractivity contribution in [3.8, 4) is 0 Å². The van der Waals surface area contributed by atoms with Gasteiger partial charge in [0.1, 0.15) is 5.82 Å². The molecule has 3 rings (SSSR count). The van der Waals surface area contributed by atoms with Crippen LogP contribution in [0, 0.1) is 0 Å². The molecular formula is C17H16N4O4. The Morgan fingerprint density at radius 2 is 2.04 bits per heavy atom. The van der Waals surface area contributed by atoms with Crippen molar-refractivity contribution in [3.05, 3.63) is 64.6 Å². The summed E-state index contributed by atoms with van der Waals surface area (Å²) in [4.78, 5) is 44.3. The number of furan rings is 1. The van der Waals surface area contributed by atoms with E-state index in [9.17, 15) is 14.4 Å². The van der Waals surface area contributed by atoms with Crippen molar-refractivity contribution in [1.82, 2.24) is 20.2 Å². The van der Waals surface area contributed by atoms with Crippen LogP contribution in [0.1, 0.15) is 16.4 Å². The maximum absolute atomic E-state index is 12.1. The highest BCUT2D eigenvalue weighted by atomic mass is 16.3. The SMILES string of the molecule is CN(Cc1nc2ccccc2c(=O)[nH]1)C(=O)CNC(=O)c1ccco1. The molecule has 0 saturated carbocycles. The molecular weight excluding hydrogens is 324 g/mol. The van der Waals surface area contributed by atoms with Crippen LogP contribution in [0.5, 0.6) is 0 Å². The van der Waals surface area contributed by atoms with Crippen molar-refractivity contribution >= 4 is 22.7 Å². The van der Waals surface area contributed by atoms with Crippen molar-refractivity contribution in [2.45, 2.75) is 6.54 Å². The molecule has 0 aliphatic heterocycles. The molecule has 0 fully saturated rings. The Morgan fingerprint density at radius 3 is 2.80 bits per heavy atom. The fraction of sp³-hybridized carbons (Fsp3) is 0.176. The number of nitrogens with one attached hydrogen (secondary N) is 2. The van der Waals surface area contributed by atoms with Gasteiger partial charge in [-0.2, -0.15) is 0 Å². The Labute approximate surface area is 142 Å². The number of aromatic nitrogens is 2. The molecule has 0 atom stereocenters. The highest BCUT2D eigenvalue weighted by Crippen LogP contribution is 2.06. The zero-order chi connectivity index (χ0) is 17.8. The van der Waals surface area contributed by atoms with E-state index in [0.717, 1.165) is 0 Å². The number of aromatic amines is 1. The van der Waals surface area contributed by atoms with Crippen LogP contribution in [-0.2, 0) is 11.3 Å². The molecule has 0 spiro atoms. The summed E-state index contributed by atoms with van der Waals surface area (Å²) in [5.74, 6) is -0.285. The molecule has 0 aliphatic carbocycles. The largest absolute Gasteiger partial charge is 0.459 e. The van der Waals surface area contributed by atoms with E-state index in [0.29, 0.717) is 16.7 Å². The molecule has 8 nitrogen and oxygen atoms in total. The van der Waals surface area contributed by atoms with Crippen molar-refractivity contribution in [1.29, 1.82) is 0 Å². The highest BCUT2D eigenvalue weighted by Gasteiger charge is 2.14. The molecule has 2 amide bonds. The van der Waals surface area contributed by atoms with Crippen molar-refractivity contribution in [3.63, 3.8) is 0 Å². The smallest absolute Gasteiger partial charge is 0.287 e. The third-order valence-corrected chi connectivity index (χ3v) is 3.62. The Bertz CT molecular complexity index is 962. The van der Waals surface area contributed by atoms with Gasteiger partial charge >= 0.3 is 0 Å². The fourth-order valence-corrected chi connectivity index (χ4v) is 2.31. The fourth-order valence-electron chi connectivity index (χ4n) is 2.31. The van der Waals surface area contributed by atoms with Crippen LogP contribution in [0.25, 0.3) is 10.9 Å². The first-order chi connectivity index (χ1) is 12.0. The normalized spacial score (nSPS) is 10.6. The third kappa shape index (κ3) is 3.74. The maximum Gasteiger partial charge on any atom is 0.287 e. The van der Waals surface area contributed by atoms with Crippen LogP contribution in [-0.4, -0.2) is 40.3 Å². The molecule has 0 aliphatic rings. The monoisotopic (exact) mass is 340 g/mol. The van der Waals surface area contributed by atoms with E-state index in [1.54, 1.807) is 37.4 Å². The second kappa shape index (κ2) is 7.00. The van der Waals surface area contributed by atoms with E-state index in [1.807, 2.05) is 0 Å². The van der Waals surface area contributed by atoms with Crippen LogP contribution < -0.4 is 10.9 Å². The number of benzene rings is 1. The van der Waals surface area contributed by atoms with Gasteiger partial charge in [-0.25, -0.2) is 4.98 Å². The van der Waals surface area contributed by atoms with Crippen molar-refractivity contribution in [2.75, 3.05) is 13.6 Å². The summed E-state index contributed by atoms with van der Waals surface area (Å²) in [5, 5.41) is 2.97. The van der Waals surface area contributed by atoms with E-state index in [1.165, 1.54) is 17.2 Å². The van der Waals surface area contributed by atoms with Crippen LogP contribution in [0.2, 0.25) is 0 Å². The van der Waals surface area contributed by atoms with E-state index in [-0.39, 0.29) is 30.3 Å². The molecule has 2 N–H and O–H groups in total. The first kappa shape index (κ1) is 16.4. The Hall–Kier alpha value is -3.42. The molecule has 2 heterocycles. The Morgan fingerprint density at radius 1 is 1.24 bits per heavy atom. The second-order valence-corrected chi connectivity index (χ2v) is 5.44. The van der Waals surface area contributed by atoms with Gasteiger partial charge in [0.15, 0.2) is 5.76 Å². The number of carbonyl (C=O) groups excluding carboxylic acids is 2. The molecule has 25 heavy (non-hydrogen) atoms. The molecule has 3 aromatic rings. The number of amides is 2. The van der Waals surface area contributed by atoms with Crippen molar-refractivity contribution in [2.24, 2.45) is 0 Å². The van der Waals surface area contributed by atoms with Gasteiger partial charge in [-0.1, -0.05) is 12.1 Å².